The van der Waals surface area contributed by atoms with Crippen molar-refractivity contribution in [3.05, 3.63) is 57.0 Å². The van der Waals surface area contributed by atoms with Gasteiger partial charge in [0.25, 0.3) is 0 Å². The van der Waals surface area contributed by atoms with E-state index in [9.17, 15) is 0 Å². The van der Waals surface area contributed by atoms with Crippen LogP contribution < -0.4 is 5.73 Å². The van der Waals surface area contributed by atoms with Crippen LogP contribution in [-0.4, -0.2) is 0 Å². The van der Waals surface area contributed by atoms with Crippen LogP contribution in [0.3, 0.4) is 0 Å². The fourth-order valence-electron chi connectivity index (χ4n) is 1.46. The van der Waals surface area contributed by atoms with Gasteiger partial charge in [0.1, 0.15) is 0 Å². The van der Waals surface area contributed by atoms with E-state index in [1.807, 2.05) is 24.3 Å². The van der Waals surface area contributed by atoms with E-state index < -0.39 is 0 Å². The molecule has 0 heterocycles. The third kappa shape index (κ3) is 3.35. The van der Waals surface area contributed by atoms with Crippen LogP contribution in [0.2, 0.25) is 0 Å². The highest BCUT2D eigenvalue weighted by Gasteiger charge is 2.06. The van der Waals surface area contributed by atoms with Gasteiger partial charge in [-0.05, 0) is 42.0 Å². The first kappa shape index (κ1) is 13.1. The van der Waals surface area contributed by atoms with E-state index in [4.69, 9.17) is 5.73 Å². The van der Waals surface area contributed by atoms with Gasteiger partial charge in [-0.1, -0.05) is 49.7 Å². The van der Waals surface area contributed by atoms with Crippen LogP contribution in [0, 0.1) is 0 Å². The van der Waals surface area contributed by atoms with Crippen molar-refractivity contribution < 1.29 is 0 Å². The molecule has 0 radical (unpaired) electrons. The fraction of sp³-hybridized carbons (Fsp3) is 0.0769. The normalized spacial score (nSPS) is 10.5. The molecule has 0 aliphatic heterocycles. The minimum absolute atomic E-state index is 0.542. The van der Waals surface area contributed by atoms with Crippen LogP contribution >= 0.6 is 43.6 Å². The van der Waals surface area contributed by atoms with Crippen LogP contribution in [0.4, 0.5) is 0 Å². The van der Waals surface area contributed by atoms with Gasteiger partial charge in [0.15, 0.2) is 0 Å². The number of hydrogen-bond donors (Lipinski definition) is 1. The van der Waals surface area contributed by atoms with E-state index in [1.165, 1.54) is 9.79 Å². The zero-order chi connectivity index (χ0) is 12.3. The Kier molecular flexibility index (Phi) is 4.68. The molecule has 1 nitrogen and oxygen atoms in total. The van der Waals surface area contributed by atoms with E-state index in [0.717, 1.165) is 14.5 Å². The summed E-state index contributed by atoms with van der Waals surface area (Å²) in [4.78, 5) is 2.41. The maximum atomic E-state index is 5.78. The highest BCUT2D eigenvalue weighted by molar-refractivity contribution is 9.10. The van der Waals surface area contributed by atoms with Crippen molar-refractivity contribution in [1.29, 1.82) is 0 Å². The molecule has 88 valence electrons. The van der Waals surface area contributed by atoms with Gasteiger partial charge in [0, 0.05) is 25.3 Å². The Hall–Kier alpha value is -0.290. The average Bonchev–Trinajstić information content (AvgIpc) is 2.32. The van der Waals surface area contributed by atoms with Crippen LogP contribution in [0.25, 0.3) is 0 Å². The Morgan fingerprint density at radius 3 is 2.35 bits per heavy atom. The number of halogens is 2. The molecule has 0 amide bonds. The topological polar surface area (TPSA) is 26.0 Å². The molecule has 2 aromatic rings. The molecule has 0 fully saturated rings. The van der Waals surface area contributed by atoms with Crippen molar-refractivity contribution in [2.24, 2.45) is 5.73 Å². The van der Waals surface area contributed by atoms with Crippen molar-refractivity contribution in [2.45, 2.75) is 16.3 Å². The second-order valence-electron chi connectivity index (χ2n) is 3.48. The predicted molar refractivity (Wildman–Crippen MR) is 80.3 cm³/mol. The highest BCUT2D eigenvalue weighted by atomic mass is 79.9. The van der Waals surface area contributed by atoms with Crippen molar-refractivity contribution in [2.75, 3.05) is 0 Å². The lowest BCUT2D eigenvalue weighted by molar-refractivity contribution is 1.02. The zero-order valence-electron chi connectivity index (χ0n) is 8.99. The average molecular weight is 373 g/mol. The molecule has 0 aromatic heterocycles. The van der Waals surface area contributed by atoms with Gasteiger partial charge < -0.3 is 5.73 Å². The van der Waals surface area contributed by atoms with Crippen LogP contribution in [0.15, 0.2) is 61.2 Å². The molecule has 0 bridgehead atoms. The third-order valence-corrected chi connectivity index (χ3v) is 4.70. The second kappa shape index (κ2) is 6.05. The van der Waals surface area contributed by atoms with Crippen LogP contribution in [0.1, 0.15) is 5.56 Å². The molecule has 2 rings (SSSR count). The zero-order valence-corrected chi connectivity index (χ0v) is 13.0. The van der Waals surface area contributed by atoms with E-state index in [1.54, 1.807) is 11.8 Å². The number of nitrogens with two attached hydrogens (primary N) is 1. The second-order valence-corrected chi connectivity index (χ2v) is 6.36. The predicted octanol–water partition coefficient (Wildman–Crippen LogP) is 4.82. The summed E-state index contributed by atoms with van der Waals surface area (Å²) in [6, 6.07) is 14.4. The summed E-state index contributed by atoms with van der Waals surface area (Å²) < 4.78 is 2.16. The van der Waals surface area contributed by atoms with Gasteiger partial charge in [-0.15, -0.1) is 0 Å². The van der Waals surface area contributed by atoms with E-state index in [2.05, 4.69) is 50.1 Å². The number of benzene rings is 2. The first-order valence-electron chi connectivity index (χ1n) is 5.11. The molecule has 2 N–H and O–H groups in total. The first-order chi connectivity index (χ1) is 8.20. The first-order valence-corrected chi connectivity index (χ1v) is 7.52. The fourth-order valence-corrected chi connectivity index (χ4v) is 3.38. The molecule has 17 heavy (non-hydrogen) atoms. The molecule has 2 aromatic carbocycles. The minimum atomic E-state index is 0.542. The summed E-state index contributed by atoms with van der Waals surface area (Å²) in [6.07, 6.45) is 0. The molecule has 0 saturated carbocycles. The Morgan fingerprint density at radius 2 is 1.71 bits per heavy atom. The molecule has 0 atom stereocenters. The summed E-state index contributed by atoms with van der Waals surface area (Å²) >= 11 is 8.70. The Labute approximate surface area is 122 Å². The monoisotopic (exact) mass is 371 g/mol. The summed E-state index contributed by atoms with van der Waals surface area (Å²) in [5.74, 6) is 0. The number of hydrogen-bond acceptors (Lipinski definition) is 2. The molecule has 0 saturated heterocycles. The molecular weight excluding hydrogens is 362 g/mol. The molecular formula is C13H11Br2NS. The van der Waals surface area contributed by atoms with Crippen molar-refractivity contribution >= 4 is 43.6 Å². The van der Waals surface area contributed by atoms with Crippen LogP contribution in [-0.2, 0) is 6.54 Å². The Balaban J connectivity index is 2.29. The van der Waals surface area contributed by atoms with Crippen molar-refractivity contribution in [3.63, 3.8) is 0 Å². The lowest BCUT2D eigenvalue weighted by Gasteiger charge is -2.09. The van der Waals surface area contributed by atoms with Gasteiger partial charge in [-0.3, -0.25) is 0 Å². The van der Waals surface area contributed by atoms with E-state index in [0.29, 0.717) is 6.54 Å². The number of rotatable bonds is 3. The highest BCUT2D eigenvalue weighted by Crippen LogP contribution is 2.34. The van der Waals surface area contributed by atoms with Gasteiger partial charge >= 0.3 is 0 Å². The molecule has 0 aliphatic rings. The van der Waals surface area contributed by atoms with Crippen molar-refractivity contribution in [1.82, 2.24) is 0 Å². The van der Waals surface area contributed by atoms with Gasteiger partial charge in [0.2, 0.25) is 0 Å². The molecule has 0 aliphatic carbocycles. The largest absolute Gasteiger partial charge is 0.326 e. The molecule has 0 spiro atoms. The van der Waals surface area contributed by atoms with Gasteiger partial charge in [0.05, 0.1) is 0 Å². The third-order valence-electron chi connectivity index (χ3n) is 2.32. The standard InChI is InChI=1S/C13H11Br2NS/c14-9-4-6-10(7-5-9)17-13-3-1-2-12(15)11(13)8-16/h1-7H,8,16H2. The Morgan fingerprint density at radius 1 is 1.00 bits per heavy atom. The SMILES string of the molecule is NCc1c(Br)cccc1Sc1ccc(Br)cc1. The van der Waals surface area contributed by atoms with E-state index in [-0.39, 0.29) is 0 Å². The summed E-state index contributed by atoms with van der Waals surface area (Å²) in [6.45, 7) is 0.542. The lowest BCUT2D eigenvalue weighted by atomic mass is 10.2. The van der Waals surface area contributed by atoms with Gasteiger partial charge in [-0.25, -0.2) is 0 Å². The maximum absolute atomic E-state index is 5.78. The lowest BCUT2D eigenvalue weighted by Crippen LogP contribution is -1.99. The van der Waals surface area contributed by atoms with Gasteiger partial charge in [-0.2, -0.15) is 0 Å². The maximum Gasteiger partial charge on any atom is 0.0231 e. The molecule has 4 heteroatoms. The van der Waals surface area contributed by atoms with Crippen LogP contribution in [0.5, 0.6) is 0 Å². The minimum Gasteiger partial charge on any atom is -0.326 e. The summed E-state index contributed by atoms with van der Waals surface area (Å²) in [7, 11) is 0. The summed E-state index contributed by atoms with van der Waals surface area (Å²) in [5, 5.41) is 0. The van der Waals surface area contributed by atoms with E-state index >= 15 is 0 Å². The van der Waals surface area contributed by atoms with Crippen molar-refractivity contribution in [3.8, 4) is 0 Å². The summed E-state index contributed by atoms with van der Waals surface area (Å²) in [5.41, 5.74) is 6.93. The smallest absolute Gasteiger partial charge is 0.0231 e. The Bertz CT molecular complexity index is 511. The molecule has 0 unspecified atom stereocenters. The quantitative estimate of drug-likeness (QED) is 0.835.